The highest BCUT2D eigenvalue weighted by Crippen LogP contribution is 2.50. The van der Waals surface area contributed by atoms with E-state index in [1.807, 2.05) is 6.07 Å². The number of nitrogens with one attached hydrogen (secondary N) is 1. The van der Waals surface area contributed by atoms with Gasteiger partial charge < -0.3 is 5.32 Å². The minimum Gasteiger partial charge on any atom is -0.312 e. The van der Waals surface area contributed by atoms with E-state index in [4.69, 9.17) is 5.26 Å². The van der Waals surface area contributed by atoms with Gasteiger partial charge in [-0.05, 0) is 42.5 Å². The number of benzene rings is 1. The smallest absolute Gasteiger partial charge is 0.127 e. The fraction of sp³-hybridized carbons (Fsp3) is 0.500. The Morgan fingerprint density at radius 1 is 1.53 bits per heavy atom. The lowest BCUT2D eigenvalue weighted by Crippen LogP contribution is -2.18. The molecular formula is C14H17FN2. The molecule has 1 N–H and O–H groups in total. The Morgan fingerprint density at radius 2 is 2.24 bits per heavy atom. The Hall–Kier alpha value is -1.40. The summed E-state index contributed by atoms with van der Waals surface area (Å²) in [6, 6.07) is 6.50. The molecule has 0 bridgehead atoms. The van der Waals surface area contributed by atoms with Crippen molar-refractivity contribution in [2.75, 3.05) is 6.54 Å². The van der Waals surface area contributed by atoms with Gasteiger partial charge in [-0.1, -0.05) is 13.8 Å². The molecule has 17 heavy (non-hydrogen) atoms. The second-order valence-electron chi connectivity index (χ2n) is 5.44. The molecular weight excluding hydrogens is 215 g/mol. The maximum atomic E-state index is 13.4. The van der Waals surface area contributed by atoms with Crippen molar-refractivity contribution in [2.45, 2.75) is 26.8 Å². The van der Waals surface area contributed by atoms with Gasteiger partial charge in [-0.3, -0.25) is 0 Å². The van der Waals surface area contributed by atoms with Crippen LogP contribution in [0.5, 0.6) is 0 Å². The van der Waals surface area contributed by atoms with Gasteiger partial charge >= 0.3 is 0 Å². The number of hydrogen-bond donors (Lipinski definition) is 1. The van der Waals surface area contributed by atoms with Crippen LogP contribution in [0.3, 0.4) is 0 Å². The van der Waals surface area contributed by atoms with Crippen molar-refractivity contribution in [1.29, 1.82) is 5.26 Å². The summed E-state index contributed by atoms with van der Waals surface area (Å²) in [6.07, 6.45) is 1.24. The molecule has 0 radical (unpaired) electrons. The molecule has 1 aliphatic carbocycles. The van der Waals surface area contributed by atoms with Crippen LogP contribution in [0.4, 0.5) is 4.39 Å². The average molecular weight is 232 g/mol. The Morgan fingerprint density at radius 3 is 2.82 bits per heavy atom. The minimum absolute atomic E-state index is 0.244. The molecule has 0 saturated heterocycles. The first-order valence-electron chi connectivity index (χ1n) is 5.92. The number of hydrogen-bond acceptors (Lipinski definition) is 2. The lowest BCUT2D eigenvalue weighted by molar-refractivity contribution is 0.512. The predicted molar refractivity (Wildman–Crippen MR) is 64.7 cm³/mol. The van der Waals surface area contributed by atoms with Crippen LogP contribution in [-0.4, -0.2) is 6.54 Å². The summed E-state index contributed by atoms with van der Waals surface area (Å²) in [7, 11) is 0. The van der Waals surface area contributed by atoms with Crippen LogP contribution in [0.25, 0.3) is 0 Å². The maximum absolute atomic E-state index is 13.4. The van der Waals surface area contributed by atoms with Crippen molar-refractivity contribution in [1.82, 2.24) is 5.32 Å². The normalized spacial score (nSPS) is 20.9. The van der Waals surface area contributed by atoms with Crippen molar-refractivity contribution < 1.29 is 4.39 Å². The van der Waals surface area contributed by atoms with Crippen molar-refractivity contribution in [3.8, 4) is 6.07 Å². The first-order valence-corrected chi connectivity index (χ1v) is 5.92. The quantitative estimate of drug-likeness (QED) is 0.866. The Labute approximate surface area is 101 Å². The second kappa shape index (κ2) is 4.46. The summed E-state index contributed by atoms with van der Waals surface area (Å²) in [6.45, 7) is 5.91. The third kappa shape index (κ3) is 2.83. The largest absolute Gasteiger partial charge is 0.312 e. The molecule has 1 saturated carbocycles. The molecule has 90 valence electrons. The van der Waals surface area contributed by atoms with Gasteiger partial charge in [0.05, 0.1) is 11.6 Å². The highest BCUT2D eigenvalue weighted by Gasteiger charge is 2.44. The van der Waals surface area contributed by atoms with Gasteiger partial charge in [0.1, 0.15) is 5.82 Å². The van der Waals surface area contributed by atoms with Crippen LogP contribution in [0.2, 0.25) is 0 Å². The van der Waals surface area contributed by atoms with E-state index >= 15 is 0 Å². The zero-order valence-electron chi connectivity index (χ0n) is 10.3. The van der Waals surface area contributed by atoms with Gasteiger partial charge in [-0.25, -0.2) is 4.39 Å². The molecule has 0 amide bonds. The molecule has 2 nitrogen and oxygen atoms in total. The summed E-state index contributed by atoms with van der Waals surface area (Å²) in [4.78, 5) is 0. The average Bonchev–Trinajstić information content (AvgIpc) is 2.89. The molecule has 0 heterocycles. The van der Waals surface area contributed by atoms with Crippen LogP contribution >= 0.6 is 0 Å². The maximum Gasteiger partial charge on any atom is 0.127 e. The molecule has 1 unspecified atom stereocenters. The SMILES string of the molecule is CC1(C)CC1CNCc1cc(C#N)ccc1F. The third-order valence-corrected chi connectivity index (χ3v) is 3.60. The third-order valence-electron chi connectivity index (χ3n) is 3.60. The topological polar surface area (TPSA) is 35.8 Å². The van der Waals surface area contributed by atoms with Crippen LogP contribution in [-0.2, 0) is 6.54 Å². The number of halogens is 1. The van der Waals surface area contributed by atoms with Gasteiger partial charge in [0, 0.05) is 12.1 Å². The van der Waals surface area contributed by atoms with E-state index in [2.05, 4.69) is 19.2 Å². The molecule has 1 aromatic rings. The predicted octanol–water partition coefficient (Wildman–Crippen LogP) is 2.83. The minimum atomic E-state index is -0.244. The zero-order valence-corrected chi connectivity index (χ0v) is 10.3. The number of nitrogens with zero attached hydrogens (tertiary/aromatic N) is 1. The Balaban J connectivity index is 1.89. The summed E-state index contributed by atoms with van der Waals surface area (Å²) < 4.78 is 13.4. The Kier molecular flexibility index (Phi) is 3.17. The summed E-state index contributed by atoms with van der Waals surface area (Å²) in [5, 5.41) is 12.0. The van der Waals surface area contributed by atoms with E-state index in [9.17, 15) is 4.39 Å². The first-order chi connectivity index (χ1) is 8.03. The van der Waals surface area contributed by atoms with Crippen molar-refractivity contribution in [2.24, 2.45) is 11.3 Å². The summed E-state index contributed by atoms with van der Waals surface area (Å²) in [5.74, 6) is 0.455. The zero-order chi connectivity index (χ0) is 12.5. The highest BCUT2D eigenvalue weighted by atomic mass is 19.1. The van der Waals surface area contributed by atoms with Crippen LogP contribution in [0.1, 0.15) is 31.4 Å². The molecule has 1 aliphatic rings. The summed E-state index contributed by atoms with van der Waals surface area (Å²) in [5.41, 5.74) is 1.53. The molecule has 1 atom stereocenters. The van der Waals surface area contributed by atoms with E-state index in [1.54, 1.807) is 6.07 Å². The molecule has 0 aliphatic heterocycles. The molecule has 0 spiro atoms. The van der Waals surface area contributed by atoms with E-state index < -0.39 is 0 Å². The first kappa shape index (κ1) is 12.1. The van der Waals surface area contributed by atoms with Gasteiger partial charge in [0.25, 0.3) is 0 Å². The van der Waals surface area contributed by atoms with Crippen LogP contribution in [0.15, 0.2) is 18.2 Å². The van der Waals surface area contributed by atoms with Crippen molar-refractivity contribution in [3.63, 3.8) is 0 Å². The molecule has 3 heteroatoms. The summed E-state index contributed by atoms with van der Waals surface area (Å²) >= 11 is 0. The van der Waals surface area contributed by atoms with Crippen molar-refractivity contribution in [3.05, 3.63) is 35.1 Å². The number of nitriles is 1. The fourth-order valence-electron chi connectivity index (χ4n) is 2.09. The van der Waals surface area contributed by atoms with Gasteiger partial charge in [-0.15, -0.1) is 0 Å². The highest BCUT2D eigenvalue weighted by molar-refractivity contribution is 5.33. The standard InChI is InChI=1S/C14H17FN2/c1-14(2)6-12(14)9-17-8-11-5-10(7-16)3-4-13(11)15/h3-5,12,17H,6,8-9H2,1-2H3. The lowest BCUT2D eigenvalue weighted by Gasteiger charge is -2.07. The van der Waals surface area contributed by atoms with Gasteiger partial charge in [0.15, 0.2) is 0 Å². The van der Waals surface area contributed by atoms with E-state index in [1.165, 1.54) is 18.6 Å². The molecule has 1 fully saturated rings. The Bertz CT molecular complexity index is 460. The van der Waals surface area contributed by atoms with Crippen LogP contribution in [0, 0.1) is 28.5 Å². The molecule has 2 rings (SSSR count). The fourth-order valence-corrected chi connectivity index (χ4v) is 2.09. The van der Waals surface area contributed by atoms with Crippen LogP contribution < -0.4 is 5.32 Å². The van der Waals surface area contributed by atoms with E-state index in [0.717, 1.165) is 6.54 Å². The monoisotopic (exact) mass is 232 g/mol. The molecule has 0 aromatic heterocycles. The number of rotatable bonds is 4. The van der Waals surface area contributed by atoms with Gasteiger partial charge in [-0.2, -0.15) is 5.26 Å². The van der Waals surface area contributed by atoms with E-state index in [-0.39, 0.29) is 5.82 Å². The lowest BCUT2D eigenvalue weighted by atomic mass is 10.1. The van der Waals surface area contributed by atoms with Gasteiger partial charge in [0.2, 0.25) is 0 Å². The molecule has 1 aromatic carbocycles. The van der Waals surface area contributed by atoms with Crippen molar-refractivity contribution >= 4 is 0 Å². The van der Waals surface area contributed by atoms with E-state index in [0.29, 0.717) is 29.0 Å². The second-order valence-corrected chi connectivity index (χ2v) is 5.44.